The second-order valence-electron chi connectivity index (χ2n) is 2.92. The molecule has 1 N–H and O–H groups in total. The van der Waals surface area contributed by atoms with Crippen molar-refractivity contribution in [2.75, 3.05) is 0 Å². The Bertz CT molecular complexity index is 453. The fourth-order valence-electron chi connectivity index (χ4n) is 1.18. The van der Waals surface area contributed by atoms with E-state index in [0.717, 1.165) is 5.56 Å². The van der Waals surface area contributed by atoms with Crippen LogP contribution in [0.2, 0.25) is 0 Å². The second-order valence-corrected chi connectivity index (χ2v) is 3.71. The number of carboxylic acid groups (broad SMARTS) is 1. The Kier molecular flexibility index (Phi) is 3.71. The molecule has 0 atom stereocenters. The van der Waals surface area contributed by atoms with Crippen molar-refractivity contribution < 1.29 is 9.90 Å². The summed E-state index contributed by atoms with van der Waals surface area (Å²) in [6.45, 7) is 1.97. The van der Waals surface area contributed by atoms with E-state index in [9.17, 15) is 4.79 Å². The summed E-state index contributed by atoms with van der Waals surface area (Å²) >= 11 is 3.20. The summed E-state index contributed by atoms with van der Waals surface area (Å²) in [5.41, 5.74) is 9.97. The number of rotatable bonds is 3. The maximum Gasteiger partial charge on any atom is 0.336 e. The van der Waals surface area contributed by atoms with Crippen LogP contribution in [0.1, 0.15) is 21.5 Å². The van der Waals surface area contributed by atoms with Crippen molar-refractivity contribution in [1.82, 2.24) is 0 Å². The maximum absolute atomic E-state index is 10.8. The third-order valence-electron chi connectivity index (χ3n) is 2.00. The zero-order valence-corrected chi connectivity index (χ0v) is 9.52. The summed E-state index contributed by atoms with van der Waals surface area (Å²) in [5.74, 6) is -1.01. The van der Waals surface area contributed by atoms with Gasteiger partial charge in [0.25, 0.3) is 0 Å². The zero-order chi connectivity index (χ0) is 11.4. The minimum absolute atomic E-state index is 0.143. The van der Waals surface area contributed by atoms with Crippen LogP contribution in [-0.2, 0) is 6.54 Å². The minimum Gasteiger partial charge on any atom is -0.478 e. The number of aromatic carboxylic acids is 1. The van der Waals surface area contributed by atoms with Crippen molar-refractivity contribution in [3.63, 3.8) is 0 Å². The number of aryl methyl sites for hydroxylation is 1. The first kappa shape index (κ1) is 11.6. The van der Waals surface area contributed by atoms with E-state index >= 15 is 0 Å². The van der Waals surface area contributed by atoms with Crippen molar-refractivity contribution in [3.8, 4) is 0 Å². The molecule has 6 heteroatoms. The summed E-state index contributed by atoms with van der Waals surface area (Å²) in [7, 11) is 0. The number of benzene rings is 1. The lowest BCUT2D eigenvalue weighted by Crippen LogP contribution is -2.01. The summed E-state index contributed by atoms with van der Waals surface area (Å²) in [4.78, 5) is 13.5. The topological polar surface area (TPSA) is 86.1 Å². The first-order valence-electron chi connectivity index (χ1n) is 4.10. The first-order chi connectivity index (χ1) is 7.07. The maximum atomic E-state index is 10.8. The van der Waals surface area contributed by atoms with Crippen LogP contribution in [-0.4, -0.2) is 11.1 Å². The highest BCUT2D eigenvalue weighted by atomic mass is 79.9. The third-order valence-corrected chi connectivity index (χ3v) is 2.91. The van der Waals surface area contributed by atoms with E-state index < -0.39 is 5.97 Å². The Morgan fingerprint density at radius 3 is 2.87 bits per heavy atom. The van der Waals surface area contributed by atoms with E-state index in [0.29, 0.717) is 10.0 Å². The molecule has 0 bridgehead atoms. The SMILES string of the molecule is Cc1ccc(C(=O)O)c(Br)c1CN=[N+]=[N-]. The number of carboxylic acids is 1. The Morgan fingerprint density at radius 1 is 1.67 bits per heavy atom. The van der Waals surface area contributed by atoms with Crippen molar-refractivity contribution in [2.24, 2.45) is 5.11 Å². The van der Waals surface area contributed by atoms with Crippen LogP contribution >= 0.6 is 15.9 Å². The average Bonchev–Trinajstić information content (AvgIpc) is 2.17. The fraction of sp³-hybridized carbons (Fsp3) is 0.222. The molecule has 0 aromatic heterocycles. The lowest BCUT2D eigenvalue weighted by atomic mass is 10.1. The van der Waals surface area contributed by atoms with E-state index in [1.807, 2.05) is 6.92 Å². The quantitative estimate of drug-likeness (QED) is 0.519. The summed E-state index contributed by atoms with van der Waals surface area (Å²) in [6.07, 6.45) is 0. The normalized spacial score (nSPS) is 9.47. The van der Waals surface area contributed by atoms with Crippen LogP contribution in [0.15, 0.2) is 21.7 Å². The van der Waals surface area contributed by atoms with Crippen molar-refractivity contribution >= 4 is 21.9 Å². The molecule has 78 valence electrons. The lowest BCUT2D eigenvalue weighted by Gasteiger charge is -2.08. The Morgan fingerprint density at radius 2 is 2.33 bits per heavy atom. The Balaban J connectivity index is 3.29. The molecule has 0 aliphatic carbocycles. The predicted molar refractivity (Wildman–Crippen MR) is 58.7 cm³/mol. The molecular formula is C9H8BrN3O2. The fourth-order valence-corrected chi connectivity index (χ4v) is 1.92. The predicted octanol–water partition coefficient (Wildman–Crippen LogP) is 3.27. The van der Waals surface area contributed by atoms with Crippen LogP contribution in [0, 0.1) is 6.92 Å². The molecule has 0 saturated carbocycles. The van der Waals surface area contributed by atoms with Crippen LogP contribution in [0.25, 0.3) is 10.4 Å². The first-order valence-corrected chi connectivity index (χ1v) is 4.89. The largest absolute Gasteiger partial charge is 0.478 e. The average molecular weight is 270 g/mol. The Hall–Kier alpha value is -1.52. The van der Waals surface area contributed by atoms with Gasteiger partial charge in [-0.3, -0.25) is 0 Å². The van der Waals surface area contributed by atoms with Gasteiger partial charge < -0.3 is 5.11 Å². The zero-order valence-electron chi connectivity index (χ0n) is 7.94. The summed E-state index contributed by atoms with van der Waals surface area (Å²) < 4.78 is 0.474. The number of nitrogens with zero attached hydrogens (tertiary/aromatic N) is 3. The molecular weight excluding hydrogens is 262 g/mol. The van der Waals surface area contributed by atoms with E-state index in [1.165, 1.54) is 6.07 Å². The van der Waals surface area contributed by atoms with Crippen LogP contribution < -0.4 is 0 Å². The van der Waals surface area contributed by atoms with Crippen LogP contribution in [0.3, 0.4) is 0 Å². The van der Waals surface area contributed by atoms with Gasteiger partial charge in [0, 0.05) is 9.38 Å². The molecule has 1 aromatic carbocycles. The van der Waals surface area contributed by atoms with Crippen LogP contribution in [0.5, 0.6) is 0 Å². The van der Waals surface area contributed by atoms with Crippen molar-refractivity contribution in [3.05, 3.63) is 43.7 Å². The molecule has 0 radical (unpaired) electrons. The van der Waals surface area contributed by atoms with Crippen molar-refractivity contribution in [2.45, 2.75) is 13.5 Å². The minimum atomic E-state index is -1.01. The molecule has 1 aromatic rings. The standard InChI is InChI=1S/C9H8BrN3O2/c1-5-2-3-6(9(14)15)8(10)7(5)4-12-13-11/h2-3H,4H2,1H3,(H,14,15). The molecule has 5 nitrogen and oxygen atoms in total. The lowest BCUT2D eigenvalue weighted by molar-refractivity contribution is 0.0695. The molecule has 0 aliphatic rings. The van der Waals surface area contributed by atoms with Crippen molar-refractivity contribution in [1.29, 1.82) is 0 Å². The van der Waals surface area contributed by atoms with E-state index in [1.54, 1.807) is 6.07 Å². The van der Waals surface area contributed by atoms with E-state index in [-0.39, 0.29) is 12.1 Å². The van der Waals surface area contributed by atoms with Gasteiger partial charge in [-0.1, -0.05) is 11.2 Å². The van der Waals surface area contributed by atoms with Gasteiger partial charge in [-0.05, 0) is 45.6 Å². The van der Waals surface area contributed by atoms with E-state index in [4.69, 9.17) is 10.6 Å². The van der Waals surface area contributed by atoms with Gasteiger partial charge in [0.1, 0.15) is 0 Å². The molecule has 0 spiro atoms. The van der Waals surface area contributed by atoms with Gasteiger partial charge in [-0.25, -0.2) is 4.79 Å². The molecule has 1 rings (SSSR count). The molecule has 0 unspecified atom stereocenters. The number of azide groups is 1. The van der Waals surface area contributed by atoms with Gasteiger partial charge in [0.05, 0.1) is 12.1 Å². The van der Waals surface area contributed by atoms with Gasteiger partial charge in [-0.2, -0.15) is 0 Å². The monoisotopic (exact) mass is 269 g/mol. The molecule has 0 fully saturated rings. The van der Waals surface area contributed by atoms with Gasteiger partial charge in [0.2, 0.25) is 0 Å². The number of carbonyl (C=O) groups is 1. The van der Waals surface area contributed by atoms with Crippen LogP contribution in [0.4, 0.5) is 0 Å². The molecule has 0 heterocycles. The number of halogens is 1. The molecule has 15 heavy (non-hydrogen) atoms. The smallest absolute Gasteiger partial charge is 0.336 e. The van der Waals surface area contributed by atoms with E-state index in [2.05, 4.69) is 26.0 Å². The molecule has 0 amide bonds. The highest BCUT2D eigenvalue weighted by molar-refractivity contribution is 9.10. The molecule has 0 saturated heterocycles. The molecule has 0 aliphatic heterocycles. The summed E-state index contributed by atoms with van der Waals surface area (Å²) in [5, 5.41) is 12.3. The third kappa shape index (κ3) is 2.49. The van der Waals surface area contributed by atoms with Gasteiger partial charge in [0.15, 0.2) is 0 Å². The number of hydrogen-bond donors (Lipinski definition) is 1. The summed E-state index contributed by atoms with van der Waals surface area (Å²) in [6, 6.07) is 3.21. The highest BCUT2D eigenvalue weighted by Crippen LogP contribution is 2.25. The van der Waals surface area contributed by atoms with Gasteiger partial charge in [-0.15, -0.1) is 0 Å². The van der Waals surface area contributed by atoms with Gasteiger partial charge >= 0.3 is 5.97 Å². The second kappa shape index (κ2) is 4.82. The highest BCUT2D eigenvalue weighted by Gasteiger charge is 2.12. The Labute approximate surface area is 94.5 Å². The number of hydrogen-bond acceptors (Lipinski definition) is 2.